The van der Waals surface area contributed by atoms with Crippen molar-refractivity contribution < 1.29 is 17.9 Å². The van der Waals surface area contributed by atoms with Crippen molar-refractivity contribution in [1.82, 2.24) is 5.32 Å². The van der Waals surface area contributed by atoms with Crippen LogP contribution in [-0.2, 0) is 17.5 Å². The van der Waals surface area contributed by atoms with E-state index in [0.29, 0.717) is 24.8 Å². The molecule has 1 saturated heterocycles. The van der Waals surface area contributed by atoms with Gasteiger partial charge in [-0.15, -0.1) is 0 Å². The Hall–Kier alpha value is -1.07. The number of rotatable bonds is 4. The summed E-state index contributed by atoms with van der Waals surface area (Å²) >= 11 is 0. The second kappa shape index (κ2) is 6.36. The topological polar surface area (TPSA) is 21.3 Å². The predicted molar refractivity (Wildman–Crippen MR) is 76.0 cm³/mol. The minimum absolute atomic E-state index is 0.121. The highest BCUT2D eigenvalue weighted by atomic mass is 19.4. The third-order valence-electron chi connectivity index (χ3n) is 4.19. The molecule has 1 heterocycles. The monoisotopic (exact) mass is 301 g/mol. The molecule has 2 unspecified atom stereocenters. The molecule has 0 radical (unpaired) electrons. The Labute approximate surface area is 123 Å². The van der Waals surface area contributed by atoms with Crippen molar-refractivity contribution in [2.24, 2.45) is 0 Å². The number of alkyl halides is 3. The van der Waals surface area contributed by atoms with Crippen LogP contribution in [0.5, 0.6) is 0 Å². The van der Waals surface area contributed by atoms with Gasteiger partial charge >= 0.3 is 6.18 Å². The van der Waals surface area contributed by atoms with E-state index >= 15 is 0 Å². The van der Waals surface area contributed by atoms with E-state index in [9.17, 15) is 13.2 Å². The smallest absolute Gasteiger partial charge is 0.375 e. The van der Waals surface area contributed by atoms with Crippen molar-refractivity contribution >= 4 is 0 Å². The van der Waals surface area contributed by atoms with Gasteiger partial charge in [0.2, 0.25) is 0 Å². The third kappa shape index (κ3) is 4.45. The number of nitrogens with one attached hydrogen (secondary N) is 1. The van der Waals surface area contributed by atoms with Crippen LogP contribution < -0.4 is 5.32 Å². The molecule has 0 aliphatic carbocycles. The molecular weight excluding hydrogens is 279 g/mol. The molecule has 0 amide bonds. The minimum Gasteiger partial charge on any atom is -0.375 e. The highest BCUT2D eigenvalue weighted by molar-refractivity contribution is 5.25. The molecule has 1 aliphatic heterocycles. The third-order valence-corrected chi connectivity index (χ3v) is 4.19. The van der Waals surface area contributed by atoms with E-state index in [0.717, 1.165) is 25.3 Å². The van der Waals surface area contributed by atoms with Crippen molar-refractivity contribution in [2.45, 2.75) is 57.5 Å². The van der Waals surface area contributed by atoms with Crippen molar-refractivity contribution in [2.75, 3.05) is 6.61 Å². The van der Waals surface area contributed by atoms with Gasteiger partial charge in [-0.2, -0.15) is 13.2 Å². The maximum absolute atomic E-state index is 12.7. The van der Waals surface area contributed by atoms with Crippen molar-refractivity contribution in [3.63, 3.8) is 0 Å². The molecule has 0 aromatic heterocycles. The van der Waals surface area contributed by atoms with Crippen LogP contribution in [-0.4, -0.2) is 18.2 Å². The molecule has 0 bridgehead atoms. The van der Waals surface area contributed by atoms with Crippen molar-refractivity contribution in [1.29, 1.82) is 0 Å². The SMILES string of the molecule is CCC1(C)CC(NCc2cccc(C(F)(F)F)c2)CCO1. The van der Waals surface area contributed by atoms with Crippen LogP contribution in [0.25, 0.3) is 0 Å². The Bertz CT molecular complexity index is 475. The summed E-state index contributed by atoms with van der Waals surface area (Å²) < 4.78 is 43.8. The van der Waals surface area contributed by atoms with Gasteiger partial charge in [0.15, 0.2) is 0 Å². The highest BCUT2D eigenvalue weighted by Crippen LogP contribution is 2.30. The summed E-state index contributed by atoms with van der Waals surface area (Å²) in [4.78, 5) is 0. The Kier molecular flexibility index (Phi) is 4.94. The summed E-state index contributed by atoms with van der Waals surface area (Å²) in [5, 5.41) is 3.36. The van der Waals surface area contributed by atoms with Crippen LogP contribution in [0.4, 0.5) is 13.2 Å². The zero-order valence-corrected chi connectivity index (χ0v) is 12.5. The normalized spacial score (nSPS) is 26.8. The minimum atomic E-state index is -4.28. The average Bonchev–Trinajstić information content (AvgIpc) is 2.45. The first-order valence-corrected chi connectivity index (χ1v) is 7.36. The first-order valence-electron chi connectivity index (χ1n) is 7.36. The molecule has 1 N–H and O–H groups in total. The Morgan fingerprint density at radius 1 is 1.38 bits per heavy atom. The molecule has 0 spiro atoms. The molecular formula is C16H22F3NO. The van der Waals surface area contributed by atoms with Gasteiger partial charge < -0.3 is 10.1 Å². The Morgan fingerprint density at radius 2 is 2.14 bits per heavy atom. The van der Waals surface area contributed by atoms with Gasteiger partial charge in [0, 0.05) is 19.2 Å². The van der Waals surface area contributed by atoms with Gasteiger partial charge in [-0.25, -0.2) is 0 Å². The summed E-state index contributed by atoms with van der Waals surface area (Å²) in [5.74, 6) is 0. The first-order chi connectivity index (χ1) is 9.82. The van der Waals surface area contributed by atoms with Crippen LogP contribution in [0.3, 0.4) is 0 Å². The lowest BCUT2D eigenvalue weighted by Gasteiger charge is -2.38. The van der Waals surface area contributed by atoms with Gasteiger partial charge in [0.25, 0.3) is 0 Å². The maximum Gasteiger partial charge on any atom is 0.416 e. The van der Waals surface area contributed by atoms with E-state index in [4.69, 9.17) is 4.74 Å². The number of ether oxygens (including phenoxy) is 1. The average molecular weight is 301 g/mol. The molecule has 2 rings (SSSR count). The fourth-order valence-corrected chi connectivity index (χ4v) is 2.67. The molecule has 1 aromatic carbocycles. The summed E-state index contributed by atoms with van der Waals surface area (Å²) in [5.41, 5.74) is -0.0503. The quantitative estimate of drug-likeness (QED) is 0.902. The number of benzene rings is 1. The van der Waals surface area contributed by atoms with Crippen LogP contribution >= 0.6 is 0 Å². The highest BCUT2D eigenvalue weighted by Gasteiger charge is 2.32. The molecule has 1 fully saturated rings. The molecule has 0 saturated carbocycles. The summed E-state index contributed by atoms with van der Waals surface area (Å²) in [7, 11) is 0. The zero-order valence-electron chi connectivity index (χ0n) is 12.5. The summed E-state index contributed by atoms with van der Waals surface area (Å²) in [6, 6.07) is 5.79. The molecule has 2 atom stereocenters. The molecule has 5 heteroatoms. The van der Waals surface area contributed by atoms with E-state index < -0.39 is 11.7 Å². The van der Waals surface area contributed by atoms with Gasteiger partial charge in [-0.3, -0.25) is 0 Å². The fourth-order valence-electron chi connectivity index (χ4n) is 2.67. The van der Waals surface area contributed by atoms with Gasteiger partial charge in [-0.1, -0.05) is 25.1 Å². The van der Waals surface area contributed by atoms with Crippen LogP contribution in [0.15, 0.2) is 24.3 Å². The molecule has 118 valence electrons. The number of halogens is 3. The van der Waals surface area contributed by atoms with Gasteiger partial charge in [0.1, 0.15) is 0 Å². The lowest BCUT2D eigenvalue weighted by atomic mass is 9.90. The summed E-state index contributed by atoms with van der Waals surface area (Å²) in [6.45, 7) is 5.33. The number of hydrogen-bond acceptors (Lipinski definition) is 2. The molecule has 1 aliphatic rings. The number of hydrogen-bond donors (Lipinski definition) is 1. The summed E-state index contributed by atoms with van der Waals surface area (Å²) in [6.07, 6.45) is -1.55. The van der Waals surface area contributed by atoms with Crippen LogP contribution in [0.2, 0.25) is 0 Å². The van der Waals surface area contributed by atoms with Crippen molar-refractivity contribution in [3.8, 4) is 0 Å². The fraction of sp³-hybridized carbons (Fsp3) is 0.625. The lowest BCUT2D eigenvalue weighted by Crippen LogP contribution is -2.44. The second-order valence-corrected chi connectivity index (χ2v) is 5.92. The van der Waals surface area contributed by atoms with E-state index in [1.165, 1.54) is 12.1 Å². The van der Waals surface area contributed by atoms with E-state index in [1.54, 1.807) is 6.07 Å². The predicted octanol–water partition coefficient (Wildman–Crippen LogP) is 4.14. The second-order valence-electron chi connectivity index (χ2n) is 5.92. The maximum atomic E-state index is 12.7. The van der Waals surface area contributed by atoms with E-state index in [2.05, 4.69) is 19.2 Å². The first kappa shape index (κ1) is 16.3. The van der Waals surface area contributed by atoms with E-state index in [-0.39, 0.29) is 5.60 Å². The Morgan fingerprint density at radius 3 is 2.81 bits per heavy atom. The van der Waals surface area contributed by atoms with Crippen molar-refractivity contribution in [3.05, 3.63) is 35.4 Å². The van der Waals surface area contributed by atoms with Crippen LogP contribution in [0.1, 0.15) is 44.2 Å². The standard InChI is InChI=1S/C16H22F3NO/c1-3-15(2)10-14(7-8-21-15)20-11-12-5-4-6-13(9-12)16(17,18)19/h4-6,9,14,20H,3,7-8,10-11H2,1-2H3. The largest absolute Gasteiger partial charge is 0.416 e. The molecule has 1 aromatic rings. The van der Waals surface area contributed by atoms with Gasteiger partial charge in [0.05, 0.1) is 11.2 Å². The Balaban J connectivity index is 1.94. The molecule has 21 heavy (non-hydrogen) atoms. The zero-order chi connectivity index (χ0) is 15.5. The van der Waals surface area contributed by atoms with Gasteiger partial charge in [-0.05, 0) is 37.8 Å². The van der Waals surface area contributed by atoms with E-state index in [1.807, 2.05) is 0 Å². The molecule has 2 nitrogen and oxygen atoms in total. The lowest BCUT2D eigenvalue weighted by molar-refractivity contribution is -0.137. The van der Waals surface area contributed by atoms with Crippen LogP contribution in [0, 0.1) is 0 Å².